The van der Waals surface area contributed by atoms with E-state index in [-0.39, 0.29) is 50.0 Å². The molecule has 5 rings (SSSR count). The van der Waals surface area contributed by atoms with E-state index in [0.29, 0.717) is 54.8 Å². The third-order valence-electron chi connectivity index (χ3n) is 8.19. The standard InChI is InChI=1S/C27H31ClF4N6O4/c1-35-23(24(29)30)17(33-34-35)14-42-20-8-7-16(28)15-9-12-38(19(22(15)20)13-36-10-4-6-21(36)39)26(40)18-5-2-3-11-37(18)27(41)25(31)32/h7-8,18-19,24-25H,2-6,9-14H2,1H3/t18?,19-/m1/s1. The summed E-state index contributed by atoms with van der Waals surface area (Å²) in [6, 6.07) is 1.33. The van der Waals surface area contributed by atoms with E-state index in [2.05, 4.69) is 10.3 Å². The summed E-state index contributed by atoms with van der Waals surface area (Å²) in [6.07, 6.45) is -3.44. The average Bonchev–Trinajstić information content (AvgIpc) is 3.56. The largest absolute Gasteiger partial charge is 0.487 e. The molecule has 2 saturated heterocycles. The Morgan fingerprint density at radius 1 is 1.07 bits per heavy atom. The first-order valence-corrected chi connectivity index (χ1v) is 14.2. The average molecular weight is 615 g/mol. The number of piperidine rings is 1. The highest BCUT2D eigenvalue weighted by Gasteiger charge is 2.43. The summed E-state index contributed by atoms with van der Waals surface area (Å²) in [5.74, 6) is -1.71. The summed E-state index contributed by atoms with van der Waals surface area (Å²) in [4.78, 5) is 43.2. The smallest absolute Gasteiger partial charge is 0.315 e. The second kappa shape index (κ2) is 12.4. The van der Waals surface area contributed by atoms with Crippen LogP contribution >= 0.6 is 11.6 Å². The molecule has 2 aromatic rings. The number of aromatic nitrogens is 3. The molecule has 0 saturated carbocycles. The van der Waals surface area contributed by atoms with Gasteiger partial charge in [-0.2, -0.15) is 8.78 Å². The number of hydrogen-bond donors (Lipinski definition) is 0. The molecule has 2 fully saturated rings. The molecule has 1 aromatic heterocycles. The quantitative estimate of drug-likeness (QED) is 0.421. The van der Waals surface area contributed by atoms with Crippen molar-refractivity contribution in [3.63, 3.8) is 0 Å². The minimum Gasteiger partial charge on any atom is -0.487 e. The van der Waals surface area contributed by atoms with Gasteiger partial charge in [0, 0.05) is 50.2 Å². The normalized spacial score (nSPS) is 21.0. The molecule has 42 heavy (non-hydrogen) atoms. The Hall–Kier alpha value is -3.42. The zero-order valence-corrected chi connectivity index (χ0v) is 23.7. The molecule has 0 aliphatic carbocycles. The number of ether oxygens (including phenoxy) is 1. The molecule has 0 spiro atoms. The van der Waals surface area contributed by atoms with E-state index in [1.54, 1.807) is 17.0 Å². The zero-order chi connectivity index (χ0) is 30.1. The van der Waals surface area contributed by atoms with Gasteiger partial charge in [-0.05, 0) is 49.8 Å². The summed E-state index contributed by atoms with van der Waals surface area (Å²) in [6.45, 7) is 0.445. The Balaban J connectivity index is 1.52. The molecule has 10 nitrogen and oxygen atoms in total. The number of nitrogens with zero attached hydrogens (tertiary/aromatic N) is 6. The maximum absolute atomic E-state index is 14.1. The number of amides is 3. The fourth-order valence-electron chi connectivity index (χ4n) is 6.16. The van der Waals surface area contributed by atoms with Gasteiger partial charge in [-0.25, -0.2) is 13.5 Å². The van der Waals surface area contributed by atoms with E-state index in [1.807, 2.05) is 0 Å². The Bertz CT molecular complexity index is 1360. The Kier molecular flexibility index (Phi) is 8.90. The molecule has 1 unspecified atom stereocenters. The lowest BCUT2D eigenvalue weighted by atomic mass is 9.89. The number of aryl methyl sites for hydroxylation is 1. The summed E-state index contributed by atoms with van der Waals surface area (Å²) in [5, 5.41) is 7.87. The molecule has 3 aliphatic rings. The van der Waals surface area contributed by atoms with Crippen molar-refractivity contribution in [3.8, 4) is 5.75 Å². The van der Waals surface area contributed by atoms with Crippen LogP contribution in [0.2, 0.25) is 5.02 Å². The summed E-state index contributed by atoms with van der Waals surface area (Å²) in [5.41, 5.74) is 0.726. The SMILES string of the molecule is Cn1nnc(COc2ccc(Cl)c3c2[C@@H](CN2CCCC2=O)N(C(=O)C2CCCCN2C(=O)C(F)F)CC3)c1C(F)F. The molecule has 1 aromatic carbocycles. The van der Waals surface area contributed by atoms with Crippen LogP contribution in [0.15, 0.2) is 12.1 Å². The van der Waals surface area contributed by atoms with Crippen LogP contribution in [0.1, 0.15) is 67.1 Å². The molecule has 0 N–H and O–H groups in total. The Labute approximate surface area is 244 Å². The number of halogens is 5. The number of carbonyl (C=O) groups is 3. The first-order chi connectivity index (χ1) is 20.1. The van der Waals surface area contributed by atoms with Crippen molar-refractivity contribution >= 4 is 29.3 Å². The lowest BCUT2D eigenvalue weighted by molar-refractivity contribution is -0.156. The second-order valence-corrected chi connectivity index (χ2v) is 11.1. The number of alkyl halides is 4. The van der Waals surface area contributed by atoms with Gasteiger partial charge in [-0.15, -0.1) is 5.10 Å². The number of rotatable bonds is 8. The second-order valence-electron chi connectivity index (χ2n) is 10.7. The van der Waals surface area contributed by atoms with Crippen LogP contribution < -0.4 is 4.74 Å². The van der Waals surface area contributed by atoms with E-state index in [9.17, 15) is 31.9 Å². The van der Waals surface area contributed by atoms with Crippen LogP contribution in [0.3, 0.4) is 0 Å². The van der Waals surface area contributed by atoms with Crippen molar-refractivity contribution in [3.05, 3.63) is 39.7 Å². The fraction of sp³-hybridized carbons (Fsp3) is 0.593. The number of hydrogen-bond acceptors (Lipinski definition) is 6. The van der Waals surface area contributed by atoms with Gasteiger partial charge >= 0.3 is 6.43 Å². The number of fused-ring (bicyclic) bond motifs is 1. The number of benzene rings is 1. The predicted octanol–water partition coefficient (Wildman–Crippen LogP) is 3.68. The van der Waals surface area contributed by atoms with Crippen molar-refractivity contribution in [1.29, 1.82) is 0 Å². The first-order valence-electron chi connectivity index (χ1n) is 13.9. The van der Waals surface area contributed by atoms with Crippen molar-refractivity contribution in [2.45, 2.75) is 70.1 Å². The zero-order valence-electron chi connectivity index (χ0n) is 22.9. The molecule has 4 heterocycles. The van der Waals surface area contributed by atoms with Crippen molar-refractivity contribution < 1.29 is 36.7 Å². The third-order valence-corrected chi connectivity index (χ3v) is 8.55. The molecular formula is C27H31ClF4N6O4. The van der Waals surface area contributed by atoms with Crippen molar-refractivity contribution in [2.24, 2.45) is 7.05 Å². The molecule has 228 valence electrons. The lowest BCUT2D eigenvalue weighted by Gasteiger charge is -2.44. The van der Waals surface area contributed by atoms with E-state index < -0.39 is 42.4 Å². The van der Waals surface area contributed by atoms with Crippen LogP contribution in [0, 0.1) is 0 Å². The highest BCUT2D eigenvalue weighted by molar-refractivity contribution is 6.31. The van der Waals surface area contributed by atoms with Gasteiger partial charge in [-0.3, -0.25) is 14.4 Å². The van der Waals surface area contributed by atoms with Gasteiger partial charge in [0.2, 0.25) is 11.8 Å². The minimum absolute atomic E-state index is 0.0457. The molecule has 2 atom stereocenters. The summed E-state index contributed by atoms with van der Waals surface area (Å²) < 4.78 is 61.1. The van der Waals surface area contributed by atoms with E-state index in [0.717, 1.165) is 9.58 Å². The van der Waals surface area contributed by atoms with Crippen LogP contribution in [-0.2, 0) is 34.5 Å². The maximum Gasteiger partial charge on any atom is 0.315 e. The van der Waals surface area contributed by atoms with Gasteiger partial charge in [0.1, 0.15) is 29.8 Å². The molecular weight excluding hydrogens is 584 g/mol. The number of carbonyl (C=O) groups excluding carboxylic acids is 3. The molecule has 15 heteroatoms. The lowest BCUT2D eigenvalue weighted by Crippen LogP contribution is -2.57. The van der Waals surface area contributed by atoms with E-state index in [1.165, 1.54) is 11.9 Å². The molecule has 3 aliphatic heterocycles. The Morgan fingerprint density at radius 2 is 1.86 bits per heavy atom. The van der Waals surface area contributed by atoms with Crippen LogP contribution in [0.5, 0.6) is 5.75 Å². The van der Waals surface area contributed by atoms with Gasteiger partial charge in [0.15, 0.2) is 0 Å². The van der Waals surface area contributed by atoms with Gasteiger partial charge < -0.3 is 19.4 Å². The monoisotopic (exact) mass is 614 g/mol. The maximum atomic E-state index is 14.1. The molecule has 3 amide bonds. The van der Waals surface area contributed by atoms with Gasteiger partial charge in [0.05, 0.1) is 6.04 Å². The Morgan fingerprint density at radius 3 is 2.55 bits per heavy atom. The number of likely N-dealkylation sites (tertiary alicyclic amines) is 2. The fourth-order valence-corrected chi connectivity index (χ4v) is 6.42. The predicted molar refractivity (Wildman–Crippen MR) is 141 cm³/mol. The third kappa shape index (κ3) is 5.77. The minimum atomic E-state index is -3.24. The van der Waals surface area contributed by atoms with Crippen LogP contribution in [0.4, 0.5) is 17.6 Å². The summed E-state index contributed by atoms with van der Waals surface area (Å²) in [7, 11) is 1.35. The van der Waals surface area contributed by atoms with Crippen molar-refractivity contribution in [2.75, 3.05) is 26.2 Å². The first kappa shape index (κ1) is 30.1. The topological polar surface area (TPSA) is 101 Å². The van der Waals surface area contributed by atoms with E-state index in [4.69, 9.17) is 16.3 Å². The summed E-state index contributed by atoms with van der Waals surface area (Å²) >= 11 is 6.59. The van der Waals surface area contributed by atoms with Gasteiger partial charge in [0.25, 0.3) is 12.3 Å². The van der Waals surface area contributed by atoms with Crippen LogP contribution in [0.25, 0.3) is 0 Å². The van der Waals surface area contributed by atoms with Crippen molar-refractivity contribution in [1.82, 2.24) is 29.7 Å². The van der Waals surface area contributed by atoms with Crippen LogP contribution in [-0.4, -0.2) is 86.1 Å². The van der Waals surface area contributed by atoms with E-state index >= 15 is 0 Å². The molecule has 0 radical (unpaired) electrons. The van der Waals surface area contributed by atoms with Gasteiger partial charge in [-0.1, -0.05) is 16.8 Å². The highest BCUT2D eigenvalue weighted by atomic mass is 35.5. The highest BCUT2D eigenvalue weighted by Crippen LogP contribution is 2.42. The molecule has 0 bridgehead atoms.